The third-order valence-corrected chi connectivity index (χ3v) is 2.93. The number of pyridine rings is 2. The van der Waals surface area contributed by atoms with Gasteiger partial charge in [0.2, 0.25) is 0 Å². The quantitative estimate of drug-likeness (QED) is 0.601. The zero-order chi connectivity index (χ0) is 13.7. The summed E-state index contributed by atoms with van der Waals surface area (Å²) in [5.41, 5.74) is 3.52. The van der Waals surface area contributed by atoms with E-state index in [4.69, 9.17) is 0 Å². The highest BCUT2D eigenvalue weighted by atomic mass is 127. The first-order valence-corrected chi connectivity index (χ1v) is 6.53. The molecule has 106 valence electrons. The van der Waals surface area contributed by atoms with Crippen LogP contribution in [0.25, 0.3) is 6.08 Å². The summed E-state index contributed by atoms with van der Waals surface area (Å²) in [5, 5.41) is 3.36. The number of aryl methyl sites for hydroxylation is 2. The van der Waals surface area contributed by atoms with E-state index in [1.165, 1.54) is 11.1 Å². The second-order valence-electron chi connectivity index (χ2n) is 4.67. The average molecular weight is 381 g/mol. The molecule has 0 aromatic carbocycles. The van der Waals surface area contributed by atoms with E-state index in [0.717, 1.165) is 17.9 Å². The van der Waals surface area contributed by atoms with E-state index in [0.29, 0.717) is 0 Å². The minimum Gasteiger partial charge on any atom is -1.00 e. The zero-order valence-electron chi connectivity index (χ0n) is 12.1. The molecule has 0 aliphatic rings. The van der Waals surface area contributed by atoms with Gasteiger partial charge in [-0.15, -0.1) is 0 Å². The van der Waals surface area contributed by atoms with E-state index in [1.54, 1.807) is 0 Å². The standard InChI is InChI=1S/C16H19N3.HI/c1-4-15(11-14-7-9-19(3)10-8-14)18-16-6-5-13(2)12-17-16;/h5-12H,4H2,1-3H3;1H. The van der Waals surface area contributed by atoms with Crippen LogP contribution in [0.3, 0.4) is 0 Å². The van der Waals surface area contributed by atoms with Gasteiger partial charge in [0.05, 0.1) is 0 Å². The normalized spacial score (nSPS) is 10.8. The molecular weight excluding hydrogens is 361 g/mol. The highest BCUT2D eigenvalue weighted by Crippen LogP contribution is 2.12. The highest BCUT2D eigenvalue weighted by molar-refractivity contribution is 5.57. The number of hydrogen-bond acceptors (Lipinski definition) is 2. The van der Waals surface area contributed by atoms with E-state index in [1.807, 2.05) is 43.2 Å². The zero-order valence-corrected chi connectivity index (χ0v) is 14.3. The summed E-state index contributed by atoms with van der Waals surface area (Å²) in [6.07, 6.45) is 9.06. The van der Waals surface area contributed by atoms with Gasteiger partial charge in [-0.3, -0.25) is 0 Å². The van der Waals surface area contributed by atoms with Gasteiger partial charge in [0.15, 0.2) is 12.4 Å². The smallest absolute Gasteiger partial charge is 0.169 e. The van der Waals surface area contributed by atoms with Crippen LogP contribution in [0.2, 0.25) is 0 Å². The number of hydrogen-bond donors (Lipinski definition) is 1. The van der Waals surface area contributed by atoms with Crippen LogP contribution in [-0.2, 0) is 7.05 Å². The lowest BCUT2D eigenvalue weighted by Gasteiger charge is -2.08. The lowest BCUT2D eigenvalue weighted by Crippen LogP contribution is -3.00. The molecule has 2 heterocycles. The number of nitrogens with zero attached hydrogens (tertiary/aromatic N) is 2. The maximum Gasteiger partial charge on any atom is 0.169 e. The Morgan fingerprint density at radius 1 is 1.25 bits per heavy atom. The molecule has 0 atom stereocenters. The summed E-state index contributed by atoms with van der Waals surface area (Å²) in [7, 11) is 2.02. The van der Waals surface area contributed by atoms with Crippen molar-refractivity contribution in [2.45, 2.75) is 20.3 Å². The van der Waals surface area contributed by atoms with Gasteiger partial charge < -0.3 is 29.3 Å². The molecule has 20 heavy (non-hydrogen) atoms. The minimum absolute atomic E-state index is 0. The van der Waals surface area contributed by atoms with E-state index >= 15 is 0 Å². The first-order valence-electron chi connectivity index (χ1n) is 6.53. The SMILES string of the molecule is CC/C(=C\c1cc[n+](C)cc1)Nc1ccc(C)cn1.[I-]. The van der Waals surface area contributed by atoms with E-state index < -0.39 is 0 Å². The minimum atomic E-state index is 0. The van der Waals surface area contributed by atoms with Crippen molar-refractivity contribution < 1.29 is 28.5 Å². The Morgan fingerprint density at radius 3 is 2.50 bits per heavy atom. The summed E-state index contributed by atoms with van der Waals surface area (Å²) in [6.45, 7) is 4.17. The van der Waals surface area contributed by atoms with Crippen LogP contribution in [0.5, 0.6) is 0 Å². The highest BCUT2D eigenvalue weighted by Gasteiger charge is 1.99. The monoisotopic (exact) mass is 381 g/mol. The molecule has 2 aromatic heterocycles. The Hall–Kier alpha value is -1.43. The van der Waals surface area contributed by atoms with E-state index in [2.05, 4.69) is 41.5 Å². The van der Waals surface area contributed by atoms with Gasteiger partial charge in [0.25, 0.3) is 0 Å². The molecule has 0 aliphatic heterocycles. The summed E-state index contributed by atoms with van der Waals surface area (Å²) in [6, 6.07) is 8.26. The first-order chi connectivity index (χ1) is 9.17. The van der Waals surface area contributed by atoms with Gasteiger partial charge in [0, 0.05) is 24.0 Å². The molecule has 2 aromatic rings. The fourth-order valence-electron chi connectivity index (χ4n) is 1.74. The number of nitrogens with one attached hydrogen (secondary N) is 1. The molecule has 0 spiro atoms. The van der Waals surface area contributed by atoms with Gasteiger partial charge >= 0.3 is 0 Å². The Labute approximate surface area is 137 Å². The van der Waals surface area contributed by atoms with Crippen LogP contribution in [0.4, 0.5) is 5.82 Å². The summed E-state index contributed by atoms with van der Waals surface area (Å²) >= 11 is 0. The molecule has 0 amide bonds. The first kappa shape index (κ1) is 16.6. The van der Waals surface area contributed by atoms with Crippen LogP contribution in [0.1, 0.15) is 24.5 Å². The molecule has 0 radical (unpaired) electrons. The molecule has 1 N–H and O–H groups in total. The summed E-state index contributed by atoms with van der Waals surface area (Å²) in [4.78, 5) is 4.37. The Morgan fingerprint density at radius 2 is 1.95 bits per heavy atom. The number of halogens is 1. The predicted molar refractivity (Wildman–Crippen MR) is 78.5 cm³/mol. The Kier molecular flexibility index (Phi) is 6.64. The molecule has 0 unspecified atom stereocenters. The molecule has 0 saturated heterocycles. The third-order valence-electron chi connectivity index (χ3n) is 2.93. The van der Waals surface area contributed by atoms with E-state index in [9.17, 15) is 0 Å². The van der Waals surface area contributed by atoms with Crippen molar-refractivity contribution in [3.63, 3.8) is 0 Å². The van der Waals surface area contributed by atoms with Crippen molar-refractivity contribution in [2.75, 3.05) is 5.32 Å². The fourth-order valence-corrected chi connectivity index (χ4v) is 1.74. The van der Waals surface area contributed by atoms with Gasteiger partial charge in [-0.25, -0.2) is 9.55 Å². The van der Waals surface area contributed by atoms with E-state index in [-0.39, 0.29) is 24.0 Å². The van der Waals surface area contributed by atoms with Crippen LogP contribution in [0, 0.1) is 6.92 Å². The number of rotatable bonds is 4. The van der Waals surface area contributed by atoms with Gasteiger partial charge in [-0.2, -0.15) is 0 Å². The maximum atomic E-state index is 4.37. The molecule has 4 heteroatoms. The fraction of sp³-hybridized carbons (Fsp3) is 0.250. The lowest BCUT2D eigenvalue weighted by molar-refractivity contribution is -0.671. The van der Waals surface area contributed by atoms with Crippen molar-refractivity contribution in [2.24, 2.45) is 7.05 Å². The maximum absolute atomic E-state index is 4.37. The molecule has 0 aliphatic carbocycles. The average Bonchev–Trinajstić information content (AvgIpc) is 2.43. The van der Waals surface area contributed by atoms with Gasteiger partial charge in [-0.05, 0) is 36.6 Å². The largest absolute Gasteiger partial charge is 1.00 e. The van der Waals surface area contributed by atoms with Crippen molar-refractivity contribution in [3.05, 3.63) is 59.7 Å². The van der Waals surface area contributed by atoms with Crippen LogP contribution < -0.4 is 33.9 Å². The lowest BCUT2D eigenvalue weighted by atomic mass is 10.2. The molecule has 2 rings (SSSR count). The predicted octanol–water partition coefficient (Wildman–Crippen LogP) is 0.0815. The Balaban J connectivity index is 0.00000200. The van der Waals surface area contributed by atoms with Crippen LogP contribution in [-0.4, -0.2) is 4.98 Å². The summed E-state index contributed by atoms with van der Waals surface area (Å²) < 4.78 is 2.03. The van der Waals surface area contributed by atoms with Gasteiger partial charge in [-0.1, -0.05) is 13.0 Å². The van der Waals surface area contributed by atoms with Crippen LogP contribution >= 0.6 is 0 Å². The second kappa shape index (κ2) is 7.99. The van der Waals surface area contributed by atoms with Gasteiger partial charge in [0.1, 0.15) is 12.9 Å². The molecule has 0 fully saturated rings. The summed E-state index contributed by atoms with van der Waals surface area (Å²) in [5.74, 6) is 0.889. The topological polar surface area (TPSA) is 28.8 Å². The van der Waals surface area contributed by atoms with Crippen molar-refractivity contribution in [3.8, 4) is 0 Å². The number of aromatic nitrogens is 2. The molecule has 3 nitrogen and oxygen atoms in total. The third kappa shape index (κ3) is 4.92. The Bertz CT molecular complexity index is 559. The second-order valence-corrected chi connectivity index (χ2v) is 4.67. The number of allylic oxidation sites excluding steroid dienone is 1. The van der Waals surface area contributed by atoms with Crippen molar-refractivity contribution in [1.82, 2.24) is 4.98 Å². The van der Waals surface area contributed by atoms with Crippen LogP contribution in [0.15, 0.2) is 48.6 Å². The molecular formula is C16H20IN3. The molecule has 0 bridgehead atoms. The van der Waals surface area contributed by atoms with Crippen molar-refractivity contribution >= 4 is 11.9 Å². The molecule has 0 saturated carbocycles. The van der Waals surface area contributed by atoms with Crippen molar-refractivity contribution in [1.29, 1.82) is 0 Å². The number of anilines is 1.